The summed E-state index contributed by atoms with van der Waals surface area (Å²) in [4.78, 5) is 14.2. The Balaban J connectivity index is 1.57. The number of morpholine rings is 1. The maximum Gasteiger partial charge on any atom is 0.247 e. The molecular formula is C18H22FN3O3. The van der Waals surface area contributed by atoms with E-state index in [4.69, 9.17) is 9.15 Å². The Morgan fingerprint density at radius 3 is 2.96 bits per heavy atom. The fourth-order valence-corrected chi connectivity index (χ4v) is 2.74. The number of aromatic nitrogens is 2. The van der Waals surface area contributed by atoms with Crippen molar-refractivity contribution >= 4 is 5.91 Å². The molecule has 1 aromatic heterocycles. The lowest BCUT2D eigenvalue weighted by Crippen LogP contribution is -2.42. The molecule has 0 aliphatic carbocycles. The van der Waals surface area contributed by atoms with Gasteiger partial charge in [-0.25, -0.2) is 4.39 Å². The van der Waals surface area contributed by atoms with E-state index in [0.717, 1.165) is 5.56 Å². The molecule has 2 aromatic rings. The molecule has 1 aromatic carbocycles. The minimum atomic E-state index is -0.396. The van der Waals surface area contributed by atoms with Crippen molar-refractivity contribution in [1.82, 2.24) is 15.1 Å². The van der Waals surface area contributed by atoms with Crippen LogP contribution < -0.4 is 0 Å². The molecule has 1 amide bonds. The Morgan fingerprint density at radius 2 is 2.24 bits per heavy atom. The van der Waals surface area contributed by atoms with E-state index >= 15 is 0 Å². The van der Waals surface area contributed by atoms with E-state index in [-0.39, 0.29) is 17.6 Å². The van der Waals surface area contributed by atoms with Crippen LogP contribution in [-0.4, -0.2) is 40.7 Å². The summed E-state index contributed by atoms with van der Waals surface area (Å²) in [6, 6.07) is 6.33. The summed E-state index contributed by atoms with van der Waals surface area (Å²) in [5.41, 5.74) is 0.816. The summed E-state index contributed by atoms with van der Waals surface area (Å²) in [5, 5.41) is 8.05. The zero-order chi connectivity index (χ0) is 17.8. The Kier molecular flexibility index (Phi) is 5.43. The maximum absolute atomic E-state index is 13.2. The Morgan fingerprint density at radius 1 is 1.40 bits per heavy atom. The highest BCUT2D eigenvalue weighted by Crippen LogP contribution is 2.24. The van der Waals surface area contributed by atoms with Gasteiger partial charge in [-0.1, -0.05) is 26.0 Å². The van der Waals surface area contributed by atoms with Gasteiger partial charge >= 0.3 is 0 Å². The van der Waals surface area contributed by atoms with E-state index in [2.05, 4.69) is 10.2 Å². The van der Waals surface area contributed by atoms with Gasteiger partial charge in [-0.05, 0) is 24.1 Å². The predicted octanol–water partition coefficient (Wildman–Crippen LogP) is 2.86. The first-order valence-electron chi connectivity index (χ1n) is 8.50. The number of hydrogen-bond donors (Lipinski definition) is 0. The summed E-state index contributed by atoms with van der Waals surface area (Å²) in [7, 11) is 0. The highest BCUT2D eigenvalue weighted by Gasteiger charge is 2.29. The lowest BCUT2D eigenvalue weighted by atomic mass is 10.1. The summed E-state index contributed by atoms with van der Waals surface area (Å²) in [5.74, 6) is 0.850. The number of carbonyl (C=O) groups is 1. The topological polar surface area (TPSA) is 68.5 Å². The molecular weight excluding hydrogens is 325 g/mol. The molecule has 1 saturated heterocycles. The van der Waals surface area contributed by atoms with Crippen molar-refractivity contribution in [2.75, 3.05) is 19.7 Å². The van der Waals surface area contributed by atoms with E-state index in [1.807, 2.05) is 19.9 Å². The van der Waals surface area contributed by atoms with Crippen LogP contribution in [0.5, 0.6) is 0 Å². The molecule has 0 radical (unpaired) electrons. The van der Waals surface area contributed by atoms with E-state index in [1.165, 1.54) is 12.1 Å². The number of amides is 1. The molecule has 134 valence electrons. The largest absolute Gasteiger partial charge is 0.422 e. The summed E-state index contributed by atoms with van der Waals surface area (Å²) in [6.45, 7) is 5.30. The third kappa shape index (κ3) is 4.42. The van der Waals surface area contributed by atoms with Crippen LogP contribution in [0.15, 0.2) is 28.7 Å². The van der Waals surface area contributed by atoms with Crippen LogP contribution in [0.4, 0.5) is 4.39 Å². The highest BCUT2D eigenvalue weighted by molar-refractivity contribution is 5.76. The number of hydrogen-bond acceptors (Lipinski definition) is 5. The highest BCUT2D eigenvalue weighted by atomic mass is 19.1. The second kappa shape index (κ2) is 7.74. The average Bonchev–Trinajstić information content (AvgIpc) is 3.10. The van der Waals surface area contributed by atoms with Crippen LogP contribution >= 0.6 is 0 Å². The van der Waals surface area contributed by atoms with E-state index < -0.39 is 6.10 Å². The molecule has 3 rings (SSSR count). The van der Waals surface area contributed by atoms with Crippen molar-refractivity contribution < 1.29 is 18.3 Å². The van der Waals surface area contributed by atoms with Gasteiger partial charge in [0.05, 0.1) is 13.2 Å². The lowest BCUT2D eigenvalue weighted by Gasteiger charge is -2.31. The van der Waals surface area contributed by atoms with Gasteiger partial charge in [0.1, 0.15) is 5.82 Å². The minimum absolute atomic E-state index is 0.0150. The molecule has 0 spiro atoms. The second-order valence-electron chi connectivity index (χ2n) is 6.46. The third-order valence-corrected chi connectivity index (χ3v) is 4.16. The normalized spacial score (nSPS) is 17.9. The summed E-state index contributed by atoms with van der Waals surface area (Å²) >= 11 is 0. The van der Waals surface area contributed by atoms with Crippen LogP contribution in [0.25, 0.3) is 0 Å². The number of rotatable bonds is 5. The minimum Gasteiger partial charge on any atom is -0.422 e. The van der Waals surface area contributed by atoms with E-state index in [0.29, 0.717) is 44.3 Å². The van der Waals surface area contributed by atoms with Gasteiger partial charge in [-0.3, -0.25) is 4.79 Å². The van der Waals surface area contributed by atoms with E-state index in [9.17, 15) is 9.18 Å². The first-order chi connectivity index (χ1) is 12.0. The maximum atomic E-state index is 13.2. The number of halogens is 1. The molecule has 2 heterocycles. The number of nitrogens with zero attached hydrogens (tertiary/aromatic N) is 3. The third-order valence-electron chi connectivity index (χ3n) is 4.16. The fraction of sp³-hybridized carbons (Fsp3) is 0.500. The Bertz CT molecular complexity index is 732. The predicted molar refractivity (Wildman–Crippen MR) is 88.4 cm³/mol. The van der Waals surface area contributed by atoms with Gasteiger partial charge in [0.2, 0.25) is 17.7 Å². The molecule has 1 aliphatic rings. The molecule has 1 fully saturated rings. The van der Waals surface area contributed by atoms with Crippen molar-refractivity contribution in [1.29, 1.82) is 0 Å². The van der Waals surface area contributed by atoms with Crippen molar-refractivity contribution in [2.45, 2.75) is 38.7 Å². The first-order valence-corrected chi connectivity index (χ1v) is 8.50. The summed E-state index contributed by atoms with van der Waals surface area (Å²) in [6.07, 6.45) is 0.445. The quantitative estimate of drug-likeness (QED) is 0.832. The van der Waals surface area contributed by atoms with E-state index in [1.54, 1.807) is 11.0 Å². The molecule has 25 heavy (non-hydrogen) atoms. The van der Waals surface area contributed by atoms with Gasteiger partial charge in [-0.15, -0.1) is 10.2 Å². The van der Waals surface area contributed by atoms with Crippen molar-refractivity contribution in [2.24, 2.45) is 0 Å². The molecule has 0 unspecified atom stereocenters. The van der Waals surface area contributed by atoms with Gasteiger partial charge in [-0.2, -0.15) is 0 Å². The number of ether oxygens (including phenoxy) is 1. The zero-order valence-electron chi connectivity index (χ0n) is 14.4. The number of carbonyl (C=O) groups excluding carboxylic acids is 1. The van der Waals surface area contributed by atoms with Gasteiger partial charge < -0.3 is 14.1 Å². The molecule has 0 bridgehead atoms. The van der Waals surface area contributed by atoms with Gasteiger partial charge in [0.15, 0.2) is 6.10 Å². The second-order valence-corrected chi connectivity index (χ2v) is 6.46. The van der Waals surface area contributed by atoms with Gasteiger partial charge in [0.25, 0.3) is 0 Å². The SMILES string of the molecule is CC(C)c1nnc([C@H]2CN(C(=O)CCc3cccc(F)c3)CCO2)o1. The molecule has 6 nitrogen and oxygen atoms in total. The first kappa shape index (κ1) is 17.5. The van der Waals surface area contributed by atoms with Crippen LogP contribution in [0.1, 0.15) is 49.6 Å². The fourth-order valence-electron chi connectivity index (χ4n) is 2.74. The van der Waals surface area contributed by atoms with Crippen molar-refractivity contribution in [3.63, 3.8) is 0 Å². The lowest BCUT2D eigenvalue weighted by molar-refractivity contribution is -0.139. The van der Waals surface area contributed by atoms with Crippen molar-refractivity contribution in [3.8, 4) is 0 Å². The van der Waals surface area contributed by atoms with Crippen LogP contribution in [0.3, 0.4) is 0 Å². The van der Waals surface area contributed by atoms with Gasteiger partial charge in [0, 0.05) is 18.9 Å². The standard InChI is InChI=1S/C18H22FN3O3/c1-12(2)17-20-21-18(25-17)15-11-22(8-9-24-15)16(23)7-6-13-4-3-5-14(19)10-13/h3-5,10,12,15H,6-9,11H2,1-2H3/t15-/m1/s1. The van der Waals surface area contributed by atoms with Crippen LogP contribution in [0.2, 0.25) is 0 Å². The van der Waals surface area contributed by atoms with Crippen LogP contribution in [0, 0.1) is 5.82 Å². The molecule has 7 heteroatoms. The Hall–Kier alpha value is -2.28. The molecule has 1 atom stereocenters. The van der Waals surface area contributed by atoms with Crippen molar-refractivity contribution in [3.05, 3.63) is 47.4 Å². The smallest absolute Gasteiger partial charge is 0.247 e. The monoisotopic (exact) mass is 347 g/mol. The number of aryl methyl sites for hydroxylation is 1. The summed E-state index contributed by atoms with van der Waals surface area (Å²) < 4.78 is 24.5. The molecule has 1 aliphatic heterocycles. The average molecular weight is 347 g/mol. The number of benzene rings is 1. The van der Waals surface area contributed by atoms with Crippen LogP contribution in [-0.2, 0) is 16.0 Å². The molecule has 0 saturated carbocycles. The zero-order valence-corrected chi connectivity index (χ0v) is 14.4. The molecule has 0 N–H and O–H groups in total. The Labute approximate surface area is 146 Å².